The summed E-state index contributed by atoms with van der Waals surface area (Å²) in [7, 11) is -0.938. The lowest BCUT2D eigenvalue weighted by Crippen LogP contribution is -2.21. The zero-order valence-electron chi connectivity index (χ0n) is 13.0. The van der Waals surface area contributed by atoms with Crippen LogP contribution >= 0.6 is 0 Å². The number of carbonyl (C=O) groups is 1. The average molecular weight is 339 g/mol. The van der Waals surface area contributed by atoms with Crippen LogP contribution in [0.15, 0.2) is 26.2 Å². The second-order valence-corrected chi connectivity index (χ2v) is 7.72. The largest absolute Gasteiger partial charge is 0.438 e. The smallest absolute Gasteiger partial charge is 0.291 e. The van der Waals surface area contributed by atoms with Gasteiger partial charge in [-0.25, -0.2) is 12.7 Å². The van der Waals surface area contributed by atoms with Crippen molar-refractivity contribution in [2.24, 2.45) is 0 Å². The molecule has 0 saturated heterocycles. The molecule has 0 unspecified atom stereocenters. The molecular formula is C14H17N3O5S. The molecule has 1 fully saturated rings. The second kappa shape index (κ2) is 5.50. The van der Waals surface area contributed by atoms with Crippen LogP contribution in [-0.2, 0) is 10.0 Å². The van der Waals surface area contributed by atoms with Gasteiger partial charge in [-0.05, 0) is 31.9 Å². The number of hydrogen-bond donors (Lipinski definition) is 1. The molecule has 1 aliphatic rings. The summed E-state index contributed by atoms with van der Waals surface area (Å²) in [4.78, 5) is 12.3. The summed E-state index contributed by atoms with van der Waals surface area (Å²) in [5.74, 6) is 0.308. The summed E-state index contributed by atoms with van der Waals surface area (Å²) in [6, 6.07) is 2.58. The molecule has 0 atom stereocenters. The van der Waals surface area contributed by atoms with Gasteiger partial charge in [-0.3, -0.25) is 4.79 Å². The van der Waals surface area contributed by atoms with Gasteiger partial charge in [0.2, 0.25) is 5.09 Å². The van der Waals surface area contributed by atoms with Crippen molar-refractivity contribution in [3.63, 3.8) is 0 Å². The van der Waals surface area contributed by atoms with Crippen molar-refractivity contribution in [1.82, 2.24) is 9.46 Å². The van der Waals surface area contributed by atoms with Crippen molar-refractivity contribution < 1.29 is 22.2 Å². The lowest BCUT2D eigenvalue weighted by atomic mass is 10.2. The number of aryl methyl sites for hydroxylation is 1. The van der Waals surface area contributed by atoms with E-state index in [2.05, 4.69) is 10.5 Å². The van der Waals surface area contributed by atoms with Crippen LogP contribution in [0.5, 0.6) is 0 Å². The normalized spacial score (nSPS) is 15.1. The summed E-state index contributed by atoms with van der Waals surface area (Å²) in [6.45, 7) is 1.73. The lowest BCUT2D eigenvalue weighted by Gasteiger charge is -2.07. The Morgan fingerprint density at radius 2 is 2.04 bits per heavy atom. The van der Waals surface area contributed by atoms with Crippen LogP contribution in [0.1, 0.15) is 40.8 Å². The summed E-state index contributed by atoms with van der Waals surface area (Å²) in [5.41, 5.74) is 1.11. The van der Waals surface area contributed by atoms with E-state index in [-0.39, 0.29) is 16.8 Å². The van der Waals surface area contributed by atoms with E-state index in [9.17, 15) is 13.2 Å². The summed E-state index contributed by atoms with van der Waals surface area (Å²) < 4.78 is 35.4. The van der Waals surface area contributed by atoms with Crippen molar-refractivity contribution >= 4 is 21.6 Å². The van der Waals surface area contributed by atoms with Crippen LogP contribution in [0.3, 0.4) is 0 Å². The third-order valence-electron chi connectivity index (χ3n) is 3.62. The number of rotatable bonds is 5. The minimum absolute atomic E-state index is 0.0900. The van der Waals surface area contributed by atoms with Crippen molar-refractivity contribution in [3.05, 3.63) is 29.3 Å². The van der Waals surface area contributed by atoms with Crippen LogP contribution in [0, 0.1) is 6.92 Å². The van der Waals surface area contributed by atoms with E-state index in [0.29, 0.717) is 17.1 Å². The van der Waals surface area contributed by atoms with Crippen LogP contribution in [0.25, 0.3) is 0 Å². The Labute approximate surface area is 133 Å². The minimum atomic E-state index is -3.72. The first-order chi connectivity index (χ1) is 10.8. The van der Waals surface area contributed by atoms with Crippen LogP contribution in [0.2, 0.25) is 0 Å². The van der Waals surface area contributed by atoms with E-state index in [1.165, 1.54) is 26.2 Å². The fourth-order valence-corrected chi connectivity index (χ4v) is 2.89. The number of amides is 1. The molecule has 2 heterocycles. The molecule has 2 aromatic heterocycles. The van der Waals surface area contributed by atoms with Gasteiger partial charge in [0.1, 0.15) is 11.4 Å². The Hall–Kier alpha value is -2.13. The average Bonchev–Trinajstić information content (AvgIpc) is 3.08. The summed E-state index contributed by atoms with van der Waals surface area (Å²) in [5, 5.41) is 6.28. The van der Waals surface area contributed by atoms with Crippen LogP contribution in [-0.4, -0.2) is 37.9 Å². The third kappa shape index (κ3) is 2.89. The molecule has 0 spiro atoms. The van der Waals surface area contributed by atoms with E-state index in [4.69, 9.17) is 8.94 Å². The molecule has 23 heavy (non-hydrogen) atoms. The first-order valence-electron chi connectivity index (χ1n) is 7.10. The highest BCUT2D eigenvalue weighted by atomic mass is 32.2. The van der Waals surface area contributed by atoms with Gasteiger partial charge in [0.25, 0.3) is 15.9 Å². The molecule has 3 rings (SSSR count). The maximum absolute atomic E-state index is 12.3. The van der Waals surface area contributed by atoms with E-state index >= 15 is 0 Å². The van der Waals surface area contributed by atoms with E-state index in [1.807, 2.05) is 0 Å². The van der Waals surface area contributed by atoms with Gasteiger partial charge in [0.05, 0.1) is 0 Å². The molecule has 0 aromatic carbocycles. The van der Waals surface area contributed by atoms with Gasteiger partial charge in [-0.2, -0.15) is 0 Å². The summed E-state index contributed by atoms with van der Waals surface area (Å²) >= 11 is 0. The number of hydrogen-bond acceptors (Lipinski definition) is 6. The highest BCUT2D eigenvalue weighted by molar-refractivity contribution is 7.88. The Kier molecular flexibility index (Phi) is 3.77. The van der Waals surface area contributed by atoms with Crippen LogP contribution < -0.4 is 5.32 Å². The van der Waals surface area contributed by atoms with Gasteiger partial charge in [0.15, 0.2) is 11.5 Å². The maximum Gasteiger partial charge on any atom is 0.291 e. The van der Waals surface area contributed by atoms with E-state index < -0.39 is 15.9 Å². The van der Waals surface area contributed by atoms with Crippen molar-refractivity contribution in [2.45, 2.75) is 30.8 Å². The number of sulfonamides is 1. The Morgan fingerprint density at radius 3 is 2.65 bits per heavy atom. The zero-order chi connectivity index (χ0) is 16.8. The number of aromatic nitrogens is 1. The van der Waals surface area contributed by atoms with E-state index in [1.54, 1.807) is 6.92 Å². The number of carbonyl (C=O) groups excluding carboxylic acids is 1. The molecule has 0 aliphatic heterocycles. The summed E-state index contributed by atoms with van der Waals surface area (Å²) in [6.07, 6.45) is 2.01. The lowest BCUT2D eigenvalue weighted by molar-refractivity contribution is 0.0991. The number of anilines is 1. The number of furan rings is 1. The van der Waals surface area contributed by atoms with Gasteiger partial charge >= 0.3 is 0 Å². The predicted molar refractivity (Wildman–Crippen MR) is 80.7 cm³/mol. The first kappa shape index (κ1) is 15.8. The minimum Gasteiger partial charge on any atom is -0.438 e. The first-order valence-corrected chi connectivity index (χ1v) is 8.54. The standard InChI is InChI=1S/C14H17N3O5S/c1-8-12(13(22-16-8)9-4-5-9)15-14(18)10-6-7-11(21-10)23(19,20)17(2)3/h6-7,9H,4-5H2,1-3H3,(H,15,18). The highest BCUT2D eigenvalue weighted by Gasteiger charge is 2.33. The molecule has 124 valence electrons. The maximum atomic E-state index is 12.3. The fourth-order valence-electron chi connectivity index (χ4n) is 2.10. The molecule has 1 saturated carbocycles. The number of nitrogens with one attached hydrogen (secondary N) is 1. The highest BCUT2D eigenvalue weighted by Crippen LogP contribution is 2.44. The molecule has 1 N–H and O–H groups in total. The predicted octanol–water partition coefficient (Wildman–Crippen LogP) is 1.96. The SMILES string of the molecule is Cc1noc(C2CC2)c1NC(=O)c1ccc(S(=O)(=O)N(C)C)o1. The Bertz CT molecular complexity index is 846. The monoisotopic (exact) mass is 339 g/mol. The molecule has 1 aliphatic carbocycles. The van der Waals surface area contributed by atoms with Gasteiger partial charge < -0.3 is 14.3 Å². The van der Waals surface area contributed by atoms with Gasteiger partial charge in [0, 0.05) is 20.0 Å². The molecule has 8 nitrogen and oxygen atoms in total. The van der Waals surface area contributed by atoms with Gasteiger partial charge in [-0.1, -0.05) is 5.16 Å². The molecule has 0 bridgehead atoms. The quantitative estimate of drug-likeness (QED) is 0.892. The van der Waals surface area contributed by atoms with Crippen molar-refractivity contribution in [3.8, 4) is 0 Å². The molecular weight excluding hydrogens is 322 g/mol. The molecule has 2 aromatic rings. The van der Waals surface area contributed by atoms with Crippen LogP contribution in [0.4, 0.5) is 5.69 Å². The molecule has 9 heteroatoms. The Morgan fingerprint density at radius 1 is 1.35 bits per heavy atom. The van der Waals surface area contributed by atoms with E-state index in [0.717, 1.165) is 17.1 Å². The Balaban J connectivity index is 1.82. The fraction of sp³-hybridized carbons (Fsp3) is 0.429. The topological polar surface area (TPSA) is 106 Å². The third-order valence-corrected chi connectivity index (χ3v) is 5.31. The van der Waals surface area contributed by atoms with Crippen molar-refractivity contribution in [2.75, 3.05) is 19.4 Å². The number of nitrogens with zero attached hydrogens (tertiary/aromatic N) is 2. The second-order valence-electron chi connectivity index (χ2n) is 5.64. The van der Waals surface area contributed by atoms with Gasteiger partial charge in [-0.15, -0.1) is 0 Å². The molecule has 1 amide bonds. The van der Waals surface area contributed by atoms with Crippen molar-refractivity contribution in [1.29, 1.82) is 0 Å². The molecule has 0 radical (unpaired) electrons. The zero-order valence-corrected chi connectivity index (χ0v) is 13.8.